The normalized spacial score (nSPS) is 10.3. The fraction of sp³-hybridized carbons (Fsp3) is 0.111. The lowest BCUT2D eigenvalue weighted by Gasteiger charge is -2.11. The summed E-state index contributed by atoms with van der Waals surface area (Å²) in [6, 6.07) is 15.2. The second kappa shape index (κ2) is 6.51. The Morgan fingerprint density at radius 3 is 2.74 bits per heavy atom. The van der Waals surface area contributed by atoms with Gasteiger partial charge in [-0.2, -0.15) is 5.26 Å². The maximum absolute atomic E-state index is 12.3. The SMILES string of the molecule is CCOc1ccccc1-c1cc(-c2cccs2)c(C#N)c(=O)[nH]1. The Morgan fingerprint density at radius 1 is 1.22 bits per heavy atom. The molecule has 1 aromatic carbocycles. The van der Waals surface area contributed by atoms with Crippen LogP contribution in [-0.4, -0.2) is 11.6 Å². The van der Waals surface area contributed by atoms with Crippen LogP contribution in [0.25, 0.3) is 21.7 Å². The molecule has 0 aliphatic heterocycles. The fourth-order valence-electron chi connectivity index (χ4n) is 2.41. The minimum atomic E-state index is -0.389. The van der Waals surface area contributed by atoms with Gasteiger partial charge in [0.25, 0.3) is 5.56 Å². The van der Waals surface area contributed by atoms with E-state index in [2.05, 4.69) is 4.98 Å². The molecule has 5 heteroatoms. The van der Waals surface area contributed by atoms with Gasteiger partial charge in [-0.25, -0.2) is 0 Å². The van der Waals surface area contributed by atoms with Gasteiger partial charge in [-0.15, -0.1) is 11.3 Å². The maximum atomic E-state index is 12.3. The molecular formula is C18H14N2O2S. The van der Waals surface area contributed by atoms with E-state index in [0.29, 0.717) is 23.6 Å². The molecule has 3 rings (SSSR count). The summed E-state index contributed by atoms with van der Waals surface area (Å²) in [5.74, 6) is 0.701. The van der Waals surface area contributed by atoms with Crippen molar-refractivity contribution >= 4 is 11.3 Å². The topological polar surface area (TPSA) is 65.9 Å². The van der Waals surface area contributed by atoms with E-state index in [-0.39, 0.29) is 11.1 Å². The number of thiophene rings is 1. The molecule has 0 unspecified atom stereocenters. The third-order valence-corrected chi connectivity index (χ3v) is 4.31. The molecule has 0 amide bonds. The van der Waals surface area contributed by atoms with Gasteiger partial charge in [0.2, 0.25) is 0 Å². The first-order valence-corrected chi connectivity index (χ1v) is 8.06. The highest BCUT2D eigenvalue weighted by molar-refractivity contribution is 7.13. The van der Waals surface area contributed by atoms with E-state index in [0.717, 1.165) is 10.4 Å². The Balaban J connectivity index is 2.23. The van der Waals surface area contributed by atoms with Gasteiger partial charge < -0.3 is 9.72 Å². The molecule has 0 saturated carbocycles. The van der Waals surface area contributed by atoms with Crippen molar-refractivity contribution in [1.29, 1.82) is 5.26 Å². The Hall–Kier alpha value is -2.84. The molecular weight excluding hydrogens is 308 g/mol. The minimum absolute atomic E-state index is 0.130. The molecule has 4 nitrogen and oxygen atoms in total. The molecule has 2 aromatic heterocycles. The molecule has 0 fully saturated rings. The zero-order valence-corrected chi connectivity index (χ0v) is 13.3. The molecule has 0 saturated heterocycles. The van der Waals surface area contributed by atoms with Crippen LogP contribution in [0.5, 0.6) is 5.75 Å². The van der Waals surface area contributed by atoms with Crippen LogP contribution in [0.2, 0.25) is 0 Å². The summed E-state index contributed by atoms with van der Waals surface area (Å²) in [6.07, 6.45) is 0. The van der Waals surface area contributed by atoms with Crippen molar-refractivity contribution in [3.63, 3.8) is 0 Å². The standard InChI is InChI=1S/C18H14N2O2S/c1-2-22-16-7-4-3-6-12(16)15-10-13(17-8-5-9-23-17)14(11-19)18(21)20-15/h3-10H,2H2,1H3,(H,20,21). The monoisotopic (exact) mass is 322 g/mol. The number of hydrogen-bond acceptors (Lipinski definition) is 4. The number of H-pyrrole nitrogens is 1. The maximum Gasteiger partial charge on any atom is 0.267 e. The Morgan fingerprint density at radius 2 is 2.04 bits per heavy atom. The van der Waals surface area contributed by atoms with Gasteiger partial charge in [-0.05, 0) is 36.6 Å². The lowest BCUT2D eigenvalue weighted by molar-refractivity contribution is 0.341. The van der Waals surface area contributed by atoms with Gasteiger partial charge in [0, 0.05) is 16.0 Å². The number of hydrogen-bond donors (Lipinski definition) is 1. The van der Waals surface area contributed by atoms with Crippen LogP contribution in [0.4, 0.5) is 0 Å². The molecule has 23 heavy (non-hydrogen) atoms. The molecule has 0 aliphatic carbocycles. The number of aromatic amines is 1. The van der Waals surface area contributed by atoms with Gasteiger partial charge in [-0.3, -0.25) is 4.79 Å². The second-order valence-corrected chi connectivity index (χ2v) is 5.77. The average Bonchev–Trinajstić information content (AvgIpc) is 3.09. The number of pyridine rings is 1. The van der Waals surface area contributed by atoms with Crippen LogP contribution >= 0.6 is 11.3 Å². The lowest BCUT2D eigenvalue weighted by Crippen LogP contribution is -2.12. The van der Waals surface area contributed by atoms with Gasteiger partial charge in [0.1, 0.15) is 17.4 Å². The molecule has 0 radical (unpaired) electrons. The number of para-hydroxylation sites is 1. The number of nitrogens with one attached hydrogen (secondary N) is 1. The largest absolute Gasteiger partial charge is 0.493 e. The molecule has 0 bridgehead atoms. The summed E-state index contributed by atoms with van der Waals surface area (Å²) >= 11 is 1.50. The zero-order chi connectivity index (χ0) is 16.2. The van der Waals surface area contributed by atoms with Gasteiger partial charge in [0.15, 0.2) is 0 Å². The Labute approximate surface area is 137 Å². The molecule has 0 aliphatic rings. The smallest absolute Gasteiger partial charge is 0.267 e. The molecule has 1 N–H and O–H groups in total. The van der Waals surface area contributed by atoms with Crippen molar-refractivity contribution in [2.45, 2.75) is 6.92 Å². The van der Waals surface area contributed by atoms with Crippen LogP contribution in [0.1, 0.15) is 12.5 Å². The number of ether oxygens (including phenoxy) is 1. The van der Waals surface area contributed by atoms with Crippen molar-refractivity contribution < 1.29 is 4.74 Å². The molecule has 3 aromatic rings. The fourth-order valence-corrected chi connectivity index (χ4v) is 3.16. The van der Waals surface area contributed by atoms with Crippen LogP contribution < -0.4 is 10.3 Å². The highest BCUT2D eigenvalue weighted by Crippen LogP contribution is 2.33. The van der Waals surface area contributed by atoms with Gasteiger partial charge >= 0.3 is 0 Å². The number of nitriles is 1. The van der Waals surface area contributed by atoms with E-state index in [1.165, 1.54) is 11.3 Å². The van der Waals surface area contributed by atoms with Crippen LogP contribution in [0.15, 0.2) is 52.6 Å². The quantitative estimate of drug-likeness (QED) is 0.788. The molecule has 0 atom stereocenters. The van der Waals surface area contributed by atoms with Crippen molar-refractivity contribution in [1.82, 2.24) is 4.98 Å². The molecule has 114 valence electrons. The van der Waals surface area contributed by atoms with Crippen LogP contribution in [0, 0.1) is 11.3 Å². The number of benzene rings is 1. The molecule has 0 spiro atoms. The third-order valence-electron chi connectivity index (χ3n) is 3.41. The molecule has 2 heterocycles. The van der Waals surface area contributed by atoms with E-state index in [1.807, 2.05) is 60.8 Å². The highest BCUT2D eigenvalue weighted by atomic mass is 32.1. The van der Waals surface area contributed by atoms with Gasteiger partial charge in [0.05, 0.1) is 12.3 Å². The zero-order valence-electron chi connectivity index (χ0n) is 12.5. The van der Waals surface area contributed by atoms with E-state index in [1.54, 1.807) is 0 Å². The summed E-state index contributed by atoms with van der Waals surface area (Å²) in [4.78, 5) is 16.0. The predicted octanol–water partition coefficient (Wildman–Crippen LogP) is 4.04. The summed E-state index contributed by atoms with van der Waals surface area (Å²) in [7, 11) is 0. The summed E-state index contributed by atoms with van der Waals surface area (Å²) in [6.45, 7) is 2.45. The van der Waals surface area contributed by atoms with Crippen molar-refractivity contribution in [2.75, 3.05) is 6.61 Å². The van der Waals surface area contributed by atoms with Crippen molar-refractivity contribution in [3.05, 3.63) is 63.8 Å². The summed E-state index contributed by atoms with van der Waals surface area (Å²) in [5, 5.41) is 11.2. The van der Waals surface area contributed by atoms with E-state index in [9.17, 15) is 10.1 Å². The number of rotatable bonds is 4. The first kappa shape index (κ1) is 15.1. The Bertz CT molecular complexity index is 921. The predicted molar refractivity (Wildman–Crippen MR) is 91.7 cm³/mol. The third kappa shape index (κ3) is 2.89. The highest BCUT2D eigenvalue weighted by Gasteiger charge is 2.15. The summed E-state index contributed by atoms with van der Waals surface area (Å²) in [5.41, 5.74) is 1.83. The van der Waals surface area contributed by atoms with Crippen LogP contribution in [-0.2, 0) is 0 Å². The second-order valence-electron chi connectivity index (χ2n) is 4.82. The van der Waals surface area contributed by atoms with Gasteiger partial charge in [-0.1, -0.05) is 18.2 Å². The van der Waals surface area contributed by atoms with E-state index in [4.69, 9.17) is 4.74 Å². The van der Waals surface area contributed by atoms with E-state index < -0.39 is 0 Å². The first-order chi connectivity index (χ1) is 11.2. The lowest BCUT2D eigenvalue weighted by atomic mass is 10.0. The Kier molecular flexibility index (Phi) is 4.26. The first-order valence-electron chi connectivity index (χ1n) is 7.18. The average molecular weight is 322 g/mol. The van der Waals surface area contributed by atoms with Crippen LogP contribution in [0.3, 0.4) is 0 Å². The van der Waals surface area contributed by atoms with Crippen molar-refractivity contribution in [3.8, 4) is 33.5 Å². The number of nitrogens with zero attached hydrogens (tertiary/aromatic N) is 1. The number of aromatic nitrogens is 1. The minimum Gasteiger partial charge on any atom is -0.493 e. The summed E-state index contributed by atoms with van der Waals surface area (Å²) < 4.78 is 5.63. The van der Waals surface area contributed by atoms with Crippen molar-refractivity contribution in [2.24, 2.45) is 0 Å². The van der Waals surface area contributed by atoms with E-state index >= 15 is 0 Å².